The fourth-order valence-corrected chi connectivity index (χ4v) is 2.24. The van der Waals surface area contributed by atoms with Crippen LogP contribution < -0.4 is 20.1 Å². The zero-order valence-corrected chi connectivity index (χ0v) is 15.0. The average Bonchev–Trinajstić information content (AvgIpc) is 2.66. The lowest BCUT2D eigenvalue weighted by Gasteiger charge is -2.13. The third-order valence-electron chi connectivity index (χ3n) is 3.53. The highest BCUT2D eigenvalue weighted by Crippen LogP contribution is 2.28. The van der Waals surface area contributed by atoms with E-state index >= 15 is 0 Å². The maximum absolute atomic E-state index is 12.1. The lowest BCUT2D eigenvalue weighted by Crippen LogP contribution is -2.22. The minimum absolute atomic E-state index is 0.0448. The van der Waals surface area contributed by atoms with Gasteiger partial charge in [0.25, 0.3) is 0 Å². The molecule has 0 atom stereocenters. The number of benzene rings is 2. The second kappa shape index (κ2) is 9.31. The van der Waals surface area contributed by atoms with Crippen LogP contribution in [0.4, 0.5) is 11.4 Å². The minimum atomic E-state index is -0.392. The van der Waals surface area contributed by atoms with Crippen LogP contribution >= 0.6 is 0 Å². The molecule has 7 heteroatoms. The second-order valence-corrected chi connectivity index (χ2v) is 5.27. The molecule has 2 rings (SSSR count). The number of ether oxygens (including phenoxy) is 3. The molecule has 1 amide bonds. The van der Waals surface area contributed by atoms with Crippen molar-refractivity contribution in [3.63, 3.8) is 0 Å². The van der Waals surface area contributed by atoms with Crippen molar-refractivity contribution in [1.82, 2.24) is 0 Å². The molecule has 2 N–H and O–H groups in total. The van der Waals surface area contributed by atoms with Gasteiger partial charge >= 0.3 is 5.97 Å². The molecule has 0 aliphatic heterocycles. The Kier molecular flexibility index (Phi) is 6.84. The number of methoxy groups -OCH3 is 2. The topological polar surface area (TPSA) is 85.9 Å². The maximum atomic E-state index is 12.1. The quantitative estimate of drug-likeness (QED) is 0.706. The maximum Gasteiger partial charge on any atom is 0.338 e. The fraction of sp³-hybridized carbons (Fsp3) is 0.263. The van der Waals surface area contributed by atoms with Crippen molar-refractivity contribution in [2.45, 2.75) is 6.92 Å². The first-order chi connectivity index (χ1) is 12.6. The molecule has 2 aromatic carbocycles. The van der Waals surface area contributed by atoms with E-state index in [9.17, 15) is 9.59 Å². The first kappa shape index (κ1) is 19.1. The molecule has 26 heavy (non-hydrogen) atoms. The summed E-state index contributed by atoms with van der Waals surface area (Å²) < 4.78 is 15.3. The molecule has 0 radical (unpaired) electrons. The van der Waals surface area contributed by atoms with Gasteiger partial charge in [0.05, 0.1) is 38.6 Å². The minimum Gasteiger partial charge on any atom is -0.497 e. The third-order valence-corrected chi connectivity index (χ3v) is 3.53. The van der Waals surface area contributed by atoms with Gasteiger partial charge in [0.2, 0.25) is 5.91 Å². The molecular formula is C19H22N2O5. The van der Waals surface area contributed by atoms with Gasteiger partial charge in [-0.05, 0) is 43.3 Å². The first-order valence-electron chi connectivity index (χ1n) is 8.10. The summed E-state index contributed by atoms with van der Waals surface area (Å²) in [5.74, 6) is 0.636. The Hall–Kier alpha value is -3.22. The summed E-state index contributed by atoms with van der Waals surface area (Å²) in [5, 5.41) is 5.76. The van der Waals surface area contributed by atoms with Gasteiger partial charge in [-0.1, -0.05) is 0 Å². The molecule has 0 spiro atoms. The standard InChI is InChI=1S/C19H22N2O5/c1-4-26-19(23)13-5-7-14(8-6-13)21-18(22)12-20-16-11-15(24-2)9-10-17(16)25-3/h5-11,20H,4,12H2,1-3H3,(H,21,22). The molecule has 138 valence electrons. The summed E-state index contributed by atoms with van der Waals surface area (Å²) >= 11 is 0. The van der Waals surface area contributed by atoms with Gasteiger partial charge in [-0.3, -0.25) is 4.79 Å². The first-order valence-corrected chi connectivity index (χ1v) is 8.10. The Balaban J connectivity index is 1.94. The lowest BCUT2D eigenvalue weighted by atomic mass is 10.2. The number of hydrogen-bond donors (Lipinski definition) is 2. The monoisotopic (exact) mass is 358 g/mol. The number of anilines is 2. The predicted octanol–water partition coefficient (Wildman–Crippen LogP) is 2.93. The number of rotatable bonds is 8. The van der Waals surface area contributed by atoms with Crippen LogP contribution in [0.3, 0.4) is 0 Å². The molecule has 0 aliphatic rings. The zero-order valence-electron chi connectivity index (χ0n) is 15.0. The fourth-order valence-electron chi connectivity index (χ4n) is 2.24. The molecular weight excluding hydrogens is 336 g/mol. The Morgan fingerprint density at radius 1 is 1.00 bits per heavy atom. The smallest absolute Gasteiger partial charge is 0.338 e. The molecule has 7 nitrogen and oxygen atoms in total. The highest BCUT2D eigenvalue weighted by molar-refractivity contribution is 5.95. The van der Waals surface area contributed by atoms with E-state index in [0.29, 0.717) is 35.0 Å². The van der Waals surface area contributed by atoms with E-state index in [1.807, 2.05) is 0 Å². The van der Waals surface area contributed by atoms with Crippen LogP contribution in [-0.2, 0) is 9.53 Å². The van der Waals surface area contributed by atoms with E-state index in [0.717, 1.165) is 0 Å². The van der Waals surface area contributed by atoms with E-state index in [1.54, 1.807) is 63.6 Å². The summed E-state index contributed by atoms with van der Waals surface area (Å²) in [6, 6.07) is 11.8. The molecule has 0 aliphatic carbocycles. The van der Waals surface area contributed by atoms with Crippen LogP contribution in [-0.4, -0.2) is 39.2 Å². The molecule has 0 saturated carbocycles. The van der Waals surface area contributed by atoms with Crippen LogP contribution in [0.2, 0.25) is 0 Å². The van der Waals surface area contributed by atoms with Crippen molar-refractivity contribution in [3.05, 3.63) is 48.0 Å². The van der Waals surface area contributed by atoms with Crippen molar-refractivity contribution >= 4 is 23.3 Å². The Morgan fingerprint density at radius 3 is 2.35 bits per heavy atom. The van der Waals surface area contributed by atoms with Gasteiger partial charge < -0.3 is 24.8 Å². The highest BCUT2D eigenvalue weighted by Gasteiger charge is 2.09. The van der Waals surface area contributed by atoms with Gasteiger partial charge in [0.1, 0.15) is 11.5 Å². The van der Waals surface area contributed by atoms with Crippen molar-refractivity contribution in [3.8, 4) is 11.5 Å². The van der Waals surface area contributed by atoms with Gasteiger partial charge in [0.15, 0.2) is 0 Å². The number of carbonyl (C=O) groups is 2. The van der Waals surface area contributed by atoms with E-state index in [-0.39, 0.29) is 12.5 Å². The third kappa shape index (κ3) is 5.14. The number of hydrogen-bond acceptors (Lipinski definition) is 6. The SMILES string of the molecule is CCOC(=O)c1ccc(NC(=O)CNc2cc(OC)ccc2OC)cc1. The number of amides is 1. The summed E-state index contributed by atoms with van der Waals surface area (Å²) in [7, 11) is 3.12. The predicted molar refractivity (Wildman–Crippen MR) is 99.1 cm³/mol. The van der Waals surface area contributed by atoms with Crippen LogP contribution in [0.15, 0.2) is 42.5 Å². The summed E-state index contributed by atoms with van der Waals surface area (Å²) in [6.45, 7) is 2.11. The van der Waals surface area contributed by atoms with Crippen molar-refractivity contribution in [2.75, 3.05) is 38.0 Å². The van der Waals surface area contributed by atoms with E-state index in [1.165, 1.54) is 0 Å². The summed E-state index contributed by atoms with van der Waals surface area (Å²) in [6.07, 6.45) is 0. The average molecular weight is 358 g/mol. The number of nitrogens with one attached hydrogen (secondary N) is 2. The van der Waals surface area contributed by atoms with Crippen LogP contribution in [0.5, 0.6) is 11.5 Å². The molecule has 0 fully saturated rings. The lowest BCUT2D eigenvalue weighted by molar-refractivity contribution is -0.114. The van der Waals surface area contributed by atoms with Gasteiger partial charge in [-0.15, -0.1) is 0 Å². The van der Waals surface area contributed by atoms with Gasteiger partial charge in [-0.25, -0.2) is 4.79 Å². The summed E-state index contributed by atoms with van der Waals surface area (Å²) in [4.78, 5) is 23.7. The molecule has 0 aromatic heterocycles. The number of carbonyl (C=O) groups excluding carboxylic acids is 2. The van der Waals surface area contributed by atoms with E-state index in [2.05, 4.69) is 10.6 Å². The second-order valence-electron chi connectivity index (χ2n) is 5.27. The van der Waals surface area contributed by atoms with Crippen LogP contribution in [0.1, 0.15) is 17.3 Å². The molecule has 2 aromatic rings. The largest absolute Gasteiger partial charge is 0.497 e. The van der Waals surface area contributed by atoms with Crippen molar-refractivity contribution in [2.24, 2.45) is 0 Å². The zero-order chi connectivity index (χ0) is 18.9. The number of esters is 1. The molecule has 0 saturated heterocycles. The Bertz CT molecular complexity index is 759. The van der Waals surface area contributed by atoms with E-state index in [4.69, 9.17) is 14.2 Å². The highest BCUT2D eigenvalue weighted by atomic mass is 16.5. The Morgan fingerprint density at radius 2 is 1.73 bits per heavy atom. The van der Waals surface area contributed by atoms with Gasteiger partial charge in [0, 0.05) is 11.8 Å². The van der Waals surface area contributed by atoms with Crippen molar-refractivity contribution < 1.29 is 23.8 Å². The normalized spacial score (nSPS) is 9.96. The molecule has 0 unspecified atom stereocenters. The summed E-state index contributed by atoms with van der Waals surface area (Å²) in [5.41, 5.74) is 1.67. The van der Waals surface area contributed by atoms with Crippen LogP contribution in [0.25, 0.3) is 0 Å². The van der Waals surface area contributed by atoms with E-state index < -0.39 is 5.97 Å². The molecule has 0 heterocycles. The van der Waals surface area contributed by atoms with Gasteiger partial charge in [-0.2, -0.15) is 0 Å². The van der Waals surface area contributed by atoms with Crippen LogP contribution in [0, 0.1) is 0 Å². The molecule has 0 bridgehead atoms. The van der Waals surface area contributed by atoms with Crippen molar-refractivity contribution in [1.29, 1.82) is 0 Å². The Labute approximate surface area is 152 Å².